The highest BCUT2D eigenvalue weighted by Gasteiger charge is 2.11. The average molecular weight is 309 g/mol. The molecule has 0 bridgehead atoms. The second-order valence-corrected chi connectivity index (χ2v) is 6.19. The van der Waals surface area contributed by atoms with Crippen molar-refractivity contribution in [1.82, 2.24) is 0 Å². The normalized spacial score (nSPS) is 12.2. The number of anilines is 1. The van der Waals surface area contributed by atoms with Gasteiger partial charge in [0, 0.05) is 15.4 Å². The summed E-state index contributed by atoms with van der Waals surface area (Å²) in [4.78, 5) is 13.8. The molecule has 1 aromatic heterocycles. The topological polar surface area (TPSA) is 55.1 Å². The summed E-state index contributed by atoms with van der Waals surface area (Å²) >= 11 is 7.85. The quantitative estimate of drug-likeness (QED) is 0.868. The van der Waals surface area contributed by atoms with Crippen LogP contribution in [0.3, 0.4) is 0 Å². The van der Waals surface area contributed by atoms with E-state index >= 15 is 0 Å². The number of primary amides is 1. The number of rotatable bonds is 5. The molecule has 0 radical (unpaired) electrons. The summed E-state index contributed by atoms with van der Waals surface area (Å²) in [5.74, 6) is -0.513. The van der Waals surface area contributed by atoms with Gasteiger partial charge in [0.15, 0.2) is 0 Å². The number of hydrogen-bond donors (Lipinski definition) is 2. The van der Waals surface area contributed by atoms with Crippen molar-refractivity contribution in [2.45, 2.75) is 26.3 Å². The largest absolute Gasteiger partial charge is 0.378 e. The van der Waals surface area contributed by atoms with E-state index in [0.29, 0.717) is 10.6 Å². The lowest BCUT2D eigenvalue weighted by molar-refractivity contribution is 0.100. The predicted molar refractivity (Wildman–Crippen MR) is 85.7 cm³/mol. The van der Waals surface area contributed by atoms with Crippen LogP contribution in [0, 0.1) is 0 Å². The molecule has 0 aliphatic rings. The Morgan fingerprint density at radius 1 is 1.40 bits per heavy atom. The van der Waals surface area contributed by atoms with Gasteiger partial charge in [0.1, 0.15) is 0 Å². The molecule has 3 nitrogen and oxygen atoms in total. The zero-order chi connectivity index (χ0) is 14.7. The lowest BCUT2D eigenvalue weighted by atomic mass is 10.1. The first-order valence-electron chi connectivity index (χ1n) is 6.45. The molecule has 0 saturated heterocycles. The Morgan fingerprint density at radius 2 is 2.15 bits per heavy atom. The van der Waals surface area contributed by atoms with Crippen LogP contribution in [-0.4, -0.2) is 5.91 Å². The number of nitrogens with two attached hydrogens (primary N) is 1. The summed E-state index contributed by atoms with van der Waals surface area (Å²) in [6.45, 7) is 4.25. The molecule has 1 atom stereocenters. The second-order valence-electron chi connectivity index (χ2n) is 4.58. The molecule has 20 heavy (non-hydrogen) atoms. The van der Waals surface area contributed by atoms with Gasteiger partial charge in [-0.3, -0.25) is 4.79 Å². The maximum atomic E-state index is 11.1. The molecule has 1 heterocycles. The average Bonchev–Trinajstić information content (AvgIpc) is 2.87. The molecule has 2 rings (SSSR count). The van der Waals surface area contributed by atoms with Gasteiger partial charge in [0.25, 0.3) is 0 Å². The highest BCUT2D eigenvalue weighted by atomic mass is 35.5. The molecule has 2 aromatic rings. The van der Waals surface area contributed by atoms with E-state index in [0.717, 1.165) is 12.1 Å². The fourth-order valence-corrected chi connectivity index (χ4v) is 3.17. The molecule has 3 N–H and O–H groups in total. The summed E-state index contributed by atoms with van der Waals surface area (Å²) < 4.78 is 0. The minimum Gasteiger partial charge on any atom is -0.378 e. The van der Waals surface area contributed by atoms with E-state index in [9.17, 15) is 4.79 Å². The van der Waals surface area contributed by atoms with Crippen LogP contribution in [-0.2, 0) is 6.42 Å². The van der Waals surface area contributed by atoms with E-state index < -0.39 is 5.91 Å². The third-order valence-electron chi connectivity index (χ3n) is 3.08. The van der Waals surface area contributed by atoms with Crippen molar-refractivity contribution in [3.63, 3.8) is 0 Å². The zero-order valence-electron chi connectivity index (χ0n) is 11.4. The number of carbonyl (C=O) groups is 1. The summed E-state index contributed by atoms with van der Waals surface area (Å²) in [5, 5.41) is 3.75. The molecule has 0 aliphatic heterocycles. The third-order valence-corrected chi connectivity index (χ3v) is 4.80. The van der Waals surface area contributed by atoms with E-state index in [4.69, 9.17) is 17.3 Å². The minimum absolute atomic E-state index is 0.191. The Hall–Kier alpha value is -1.52. The fourth-order valence-electron chi connectivity index (χ4n) is 1.94. The van der Waals surface area contributed by atoms with E-state index in [2.05, 4.69) is 31.3 Å². The van der Waals surface area contributed by atoms with Crippen LogP contribution < -0.4 is 11.1 Å². The molecule has 106 valence electrons. The van der Waals surface area contributed by atoms with Crippen LogP contribution >= 0.6 is 22.9 Å². The van der Waals surface area contributed by atoms with Crippen LogP contribution in [0.25, 0.3) is 0 Å². The van der Waals surface area contributed by atoms with Crippen molar-refractivity contribution in [3.8, 4) is 0 Å². The first-order chi connectivity index (χ1) is 9.51. The standard InChI is InChI=1S/C15H17ClN2OS/c1-3-11-5-7-14(20-11)9(2)18-10-4-6-12(15(17)19)13(16)8-10/h4-9,18H,3H2,1-2H3,(H2,17,19). The van der Waals surface area contributed by atoms with E-state index in [1.165, 1.54) is 9.75 Å². The molecule has 1 aromatic carbocycles. The molecule has 0 aliphatic carbocycles. The Bertz CT molecular complexity index is 624. The maximum Gasteiger partial charge on any atom is 0.250 e. The fraction of sp³-hybridized carbons (Fsp3) is 0.267. The van der Waals surface area contributed by atoms with Gasteiger partial charge in [-0.1, -0.05) is 18.5 Å². The third kappa shape index (κ3) is 3.32. The minimum atomic E-state index is -0.513. The van der Waals surface area contributed by atoms with Crippen molar-refractivity contribution < 1.29 is 4.79 Å². The summed E-state index contributed by atoms with van der Waals surface area (Å²) in [5.41, 5.74) is 6.45. The van der Waals surface area contributed by atoms with Gasteiger partial charge in [0.05, 0.1) is 16.6 Å². The van der Waals surface area contributed by atoms with Gasteiger partial charge in [-0.15, -0.1) is 11.3 Å². The van der Waals surface area contributed by atoms with Crippen LogP contribution in [0.5, 0.6) is 0 Å². The Labute approximate surface area is 127 Å². The van der Waals surface area contributed by atoms with E-state index in [1.807, 2.05) is 6.07 Å². The lowest BCUT2D eigenvalue weighted by Crippen LogP contribution is -2.12. The van der Waals surface area contributed by atoms with Gasteiger partial charge >= 0.3 is 0 Å². The molecule has 0 saturated carbocycles. The number of benzene rings is 1. The van der Waals surface area contributed by atoms with Crippen LogP contribution in [0.4, 0.5) is 5.69 Å². The second kappa shape index (κ2) is 6.29. The number of amides is 1. The SMILES string of the molecule is CCc1ccc(C(C)Nc2ccc(C(N)=O)c(Cl)c2)s1. The number of aryl methyl sites for hydroxylation is 1. The van der Waals surface area contributed by atoms with Gasteiger partial charge in [-0.05, 0) is 43.7 Å². The molecule has 1 amide bonds. The Morgan fingerprint density at radius 3 is 2.70 bits per heavy atom. The molecule has 0 spiro atoms. The molecule has 5 heteroatoms. The van der Waals surface area contributed by atoms with E-state index in [-0.39, 0.29) is 6.04 Å². The summed E-state index contributed by atoms with van der Waals surface area (Å²) in [6.07, 6.45) is 1.05. The van der Waals surface area contributed by atoms with Gasteiger partial charge in [0.2, 0.25) is 5.91 Å². The molecule has 0 fully saturated rings. The first-order valence-corrected chi connectivity index (χ1v) is 7.65. The van der Waals surface area contributed by atoms with Crippen LogP contribution in [0.2, 0.25) is 5.02 Å². The van der Waals surface area contributed by atoms with Crippen molar-refractivity contribution >= 4 is 34.5 Å². The highest BCUT2D eigenvalue weighted by molar-refractivity contribution is 7.12. The van der Waals surface area contributed by atoms with Crippen molar-refractivity contribution in [2.75, 3.05) is 5.32 Å². The Kier molecular flexibility index (Phi) is 4.68. The number of hydrogen-bond acceptors (Lipinski definition) is 3. The molecular weight excluding hydrogens is 292 g/mol. The monoisotopic (exact) mass is 308 g/mol. The molecular formula is C15H17ClN2OS. The number of nitrogens with one attached hydrogen (secondary N) is 1. The van der Waals surface area contributed by atoms with Crippen LogP contribution in [0.1, 0.15) is 40.0 Å². The zero-order valence-corrected chi connectivity index (χ0v) is 13.0. The predicted octanol–water partition coefficient (Wildman–Crippen LogP) is 4.24. The van der Waals surface area contributed by atoms with Crippen molar-refractivity contribution in [1.29, 1.82) is 0 Å². The van der Waals surface area contributed by atoms with Gasteiger partial charge < -0.3 is 11.1 Å². The first kappa shape index (κ1) is 14.9. The maximum absolute atomic E-state index is 11.1. The highest BCUT2D eigenvalue weighted by Crippen LogP contribution is 2.28. The lowest BCUT2D eigenvalue weighted by Gasteiger charge is -2.14. The Balaban J connectivity index is 2.13. The number of thiophene rings is 1. The van der Waals surface area contributed by atoms with Gasteiger partial charge in [-0.25, -0.2) is 0 Å². The summed E-state index contributed by atoms with van der Waals surface area (Å²) in [6, 6.07) is 9.67. The van der Waals surface area contributed by atoms with Crippen LogP contribution in [0.15, 0.2) is 30.3 Å². The summed E-state index contributed by atoms with van der Waals surface area (Å²) in [7, 11) is 0. The number of carbonyl (C=O) groups excluding carboxylic acids is 1. The molecule has 1 unspecified atom stereocenters. The van der Waals surface area contributed by atoms with E-state index in [1.54, 1.807) is 23.5 Å². The number of halogens is 1. The van der Waals surface area contributed by atoms with Crippen molar-refractivity contribution in [3.05, 3.63) is 50.7 Å². The smallest absolute Gasteiger partial charge is 0.250 e. The van der Waals surface area contributed by atoms with Crippen molar-refractivity contribution in [2.24, 2.45) is 5.73 Å². The van der Waals surface area contributed by atoms with Gasteiger partial charge in [-0.2, -0.15) is 0 Å².